The number of aliphatic hydroxyl groups is 1. The third-order valence-electron chi connectivity index (χ3n) is 12.2. The minimum atomic E-state index is -0.877. The molecule has 0 saturated carbocycles. The Morgan fingerprint density at radius 1 is 0.851 bits per heavy atom. The van der Waals surface area contributed by atoms with Crippen molar-refractivity contribution in [1.29, 1.82) is 0 Å². The van der Waals surface area contributed by atoms with Gasteiger partial charge in [-0.25, -0.2) is 0 Å². The highest BCUT2D eigenvalue weighted by molar-refractivity contribution is 7.22. The SMILES string of the molecule is C=CC(=O)N1CC(CCC2CNc3c(sc4ccc(C(=O)Nc5ccc(C)c(N(CC)C(O)C=C)c5)cc34)C(=O)N2)Oc2ccc(NC(=O)c3ccc4sc5c(c4c3)NCC(C)NC5=O)cc21. The van der Waals surface area contributed by atoms with E-state index >= 15 is 0 Å². The molecule has 67 heavy (non-hydrogen) atoms. The molecule has 17 heteroatoms. The number of carbonyl (C=O) groups excluding carboxylic acids is 5. The van der Waals surface area contributed by atoms with Crippen LogP contribution in [0.5, 0.6) is 5.75 Å². The van der Waals surface area contributed by atoms with Crippen molar-refractivity contribution in [2.75, 3.05) is 57.2 Å². The molecule has 6 aromatic rings. The molecule has 0 aliphatic carbocycles. The van der Waals surface area contributed by atoms with Crippen molar-refractivity contribution in [2.45, 2.75) is 58.0 Å². The molecule has 5 heterocycles. The molecule has 2 aromatic heterocycles. The molecule has 344 valence electrons. The summed E-state index contributed by atoms with van der Waals surface area (Å²) in [5.41, 5.74) is 5.47. The average Bonchev–Trinajstić information content (AvgIpc) is 3.80. The summed E-state index contributed by atoms with van der Waals surface area (Å²) >= 11 is 2.73. The van der Waals surface area contributed by atoms with E-state index in [-0.39, 0.29) is 48.2 Å². The molecule has 0 fully saturated rings. The minimum absolute atomic E-state index is 0.0390. The lowest BCUT2D eigenvalue weighted by atomic mass is 10.0. The van der Waals surface area contributed by atoms with E-state index in [2.05, 4.69) is 45.1 Å². The molecule has 7 N–H and O–H groups in total. The predicted molar refractivity (Wildman–Crippen MR) is 268 cm³/mol. The monoisotopic (exact) mass is 938 g/mol. The van der Waals surface area contributed by atoms with Crippen LogP contribution in [-0.2, 0) is 4.79 Å². The van der Waals surface area contributed by atoms with E-state index in [4.69, 9.17) is 4.74 Å². The molecule has 0 saturated heterocycles. The number of thiophene rings is 2. The lowest BCUT2D eigenvalue weighted by Crippen LogP contribution is -2.44. The number of aryl methyl sites for hydroxylation is 1. The highest BCUT2D eigenvalue weighted by atomic mass is 32.1. The van der Waals surface area contributed by atoms with Gasteiger partial charge in [-0.2, -0.15) is 0 Å². The highest BCUT2D eigenvalue weighted by Gasteiger charge is 2.32. The fraction of sp³-hybridized carbons (Fsp3) is 0.260. The van der Waals surface area contributed by atoms with Gasteiger partial charge in [0.1, 0.15) is 27.8 Å². The zero-order valence-corrected chi connectivity index (χ0v) is 38.8. The number of nitrogens with one attached hydrogen (secondary N) is 6. The number of hydrogen-bond acceptors (Lipinski definition) is 12. The summed E-state index contributed by atoms with van der Waals surface area (Å²) in [5.74, 6) is -0.878. The molecule has 3 aliphatic heterocycles. The Bertz CT molecular complexity index is 3020. The second kappa shape index (κ2) is 18.6. The zero-order chi connectivity index (χ0) is 47.1. The number of benzene rings is 4. The van der Waals surface area contributed by atoms with Crippen molar-refractivity contribution >= 4 is 107 Å². The van der Waals surface area contributed by atoms with Crippen LogP contribution in [0, 0.1) is 6.92 Å². The Hall–Kier alpha value is -7.21. The largest absolute Gasteiger partial charge is 0.486 e. The van der Waals surface area contributed by atoms with Gasteiger partial charge in [-0.05, 0) is 118 Å². The molecule has 0 radical (unpaired) electrons. The maximum Gasteiger partial charge on any atom is 0.263 e. The number of carbonyl (C=O) groups is 5. The van der Waals surface area contributed by atoms with Gasteiger partial charge in [0, 0.05) is 80.1 Å². The Kier molecular flexibility index (Phi) is 12.5. The molecule has 3 aliphatic rings. The smallest absolute Gasteiger partial charge is 0.263 e. The van der Waals surface area contributed by atoms with E-state index in [1.54, 1.807) is 52.3 Å². The van der Waals surface area contributed by atoms with Gasteiger partial charge in [-0.1, -0.05) is 19.2 Å². The first-order valence-electron chi connectivity index (χ1n) is 22.1. The summed E-state index contributed by atoms with van der Waals surface area (Å²) in [7, 11) is 0. The number of hydrogen-bond donors (Lipinski definition) is 7. The van der Waals surface area contributed by atoms with E-state index in [0.29, 0.717) is 81.9 Å². The summed E-state index contributed by atoms with van der Waals surface area (Å²) in [6.07, 6.45) is 2.48. The van der Waals surface area contributed by atoms with Crippen LogP contribution in [0.15, 0.2) is 98.1 Å². The molecule has 5 amide bonds. The van der Waals surface area contributed by atoms with E-state index in [9.17, 15) is 29.1 Å². The van der Waals surface area contributed by atoms with Crippen LogP contribution in [0.25, 0.3) is 20.2 Å². The van der Waals surface area contributed by atoms with Crippen molar-refractivity contribution in [2.24, 2.45) is 0 Å². The molecule has 0 bridgehead atoms. The molecular formula is C50H50N8O7S2. The first kappa shape index (κ1) is 45.0. The maximum atomic E-state index is 13.7. The number of fused-ring (bicyclic) bond motifs is 7. The van der Waals surface area contributed by atoms with Crippen LogP contribution in [0.3, 0.4) is 0 Å². The van der Waals surface area contributed by atoms with Gasteiger partial charge in [0.2, 0.25) is 0 Å². The number of anilines is 6. The van der Waals surface area contributed by atoms with Crippen LogP contribution in [0.4, 0.5) is 34.1 Å². The lowest BCUT2D eigenvalue weighted by Gasteiger charge is -2.35. The van der Waals surface area contributed by atoms with Crippen molar-refractivity contribution in [3.63, 3.8) is 0 Å². The van der Waals surface area contributed by atoms with E-state index in [0.717, 1.165) is 37.1 Å². The summed E-state index contributed by atoms with van der Waals surface area (Å²) in [6, 6.07) is 21.1. The van der Waals surface area contributed by atoms with E-state index < -0.39 is 12.3 Å². The fourth-order valence-electron chi connectivity index (χ4n) is 8.76. The van der Waals surface area contributed by atoms with Gasteiger partial charge in [-0.3, -0.25) is 24.0 Å². The number of likely N-dealkylation sites (N-methyl/N-ethyl adjacent to an activating group) is 1. The van der Waals surface area contributed by atoms with Crippen molar-refractivity contribution < 1.29 is 33.8 Å². The number of ether oxygens (including phenoxy) is 1. The Balaban J connectivity index is 0.851. The normalized spacial score (nSPS) is 18.0. The third-order valence-corrected chi connectivity index (χ3v) is 14.6. The Morgan fingerprint density at radius 3 is 2.09 bits per heavy atom. The number of nitrogens with zero attached hydrogens (tertiary/aromatic N) is 2. The molecule has 15 nitrogen and oxygen atoms in total. The Labute approximate surface area is 394 Å². The predicted octanol–water partition coefficient (Wildman–Crippen LogP) is 8.09. The van der Waals surface area contributed by atoms with Crippen molar-refractivity contribution in [3.8, 4) is 5.75 Å². The fourth-order valence-corrected chi connectivity index (χ4v) is 10.9. The number of aliphatic hydroxyl groups excluding tert-OH is 1. The van der Waals surface area contributed by atoms with Crippen LogP contribution in [0.2, 0.25) is 0 Å². The first-order chi connectivity index (χ1) is 32.3. The van der Waals surface area contributed by atoms with Gasteiger partial charge < -0.3 is 51.5 Å². The van der Waals surface area contributed by atoms with Crippen molar-refractivity contribution in [1.82, 2.24) is 10.6 Å². The highest BCUT2D eigenvalue weighted by Crippen LogP contribution is 2.41. The summed E-state index contributed by atoms with van der Waals surface area (Å²) in [6.45, 7) is 15.0. The van der Waals surface area contributed by atoms with Gasteiger partial charge in [0.05, 0.1) is 23.6 Å². The van der Waals surface area contributed by atoms with Crippen LogP contribution < -0.4 is 46.4 Å². The Morgan fingerprint density at radius 2 is 1.46 bits per heavy atom. The topological polar surface area (TPSA) is 193 Å². The van der Waals surface area contributed by atoms with E-state index in [1.165, 1.54) is 34.8 Å². The van der Waals surface area contributed by atoms with Crippen LogP contribution in [0.1, 0.15) is 72.3 Å². The standard InChI is InChI=1S/C50H50N8O7S2/c1-6-41(59)57(8-3)36-21-30(12-9-26(36)4)54-47(61)29-11-18-40-35(20-29)44-46(67-40)50(64)56-32(24-52-44)13-15-33-25-58(42(60)7-2)37-22-31(14-16-38(37)65-33)55-48(62)28-10-17-39-34(19-28)43-45(66-39)49(63)53-27(5)23-51-43/h6-7,9-12,14,16-22,27,32-33,41,51-52,59H,1-2,8,13,15,23-25H2,3-5H3,(H,53,63)(H,54,61)(H,55,62)(H,56,64). The first-order valence-corrected chi connectivity index (χ1v) is 23.7. The van der Waals surface area contributed by atoms with Gasteiger partial charge >= 0.3 is 0 Å². The van der Waals surface area contributed by atoms with Crippen molar-refractivity contribution in [3.05, 3.63) is 125 Å². The van der Waals surface area contributed by atoms with Gasteiger partial charge in [0.15, 0.2) is 0 Å². The molecule has 0 spiro atoms. The second-order valence-electron chi connectivity index (χ2n) is 16.8. The third kappa shape index (κ3) is 8.92. The maximum absolute atomic E-state index is 13.7. The molecule has 9 rings (SSSR count). The minimum Gasteiger partial charge on any atom is -0.486 e. The summed E-state index contributed by atoms with van der Waals surface area (Å²) in [5, 5.41) is 31.0. The quantitative estimate of drug-likeness (QED) is 0.0358. The number of amides is 5. The lowest BCUT2D eigenvalue weighted by molar-refractivity contribution is -0.114. The van der Waals surface area contributed by atoms with Gasteiger partial charge in [0.25, 0.3) is 29.5 Å². The summed E-state index contributed by atoms with van der Waals surface area (Å²) in [4.78, 5) is 71.5. The number of rotatable bonds is 12. The summed E-state index contributed by atoms with van der Waals surface area (Å²) < 4.78 is 8.18. The zero-order valence-electron chi connectivity index (χ0n) is 37.2. The molecule has 4 unspecified atom stereocenters. The van der Waals surface area contributed by atoms with Crippen LogP contribution in [-0.4, -0.2) is 85.2 Å². The second-order valence-corrected chi connectivity index (χ2v) is 18.9. The molecule has 4 aromatic carbocycles. The van der Waals surface area contributed by atoms with E-state index in [1.807, 2.05) is 51.1 Å². The van der Waals surface area contributed by atoms with Crippen LogP contribution >= 0.6 is 22.7 Å². The average molecular weight is 939 g/mol. The molecular weight excluding hydrogens is 889 g/mol. The van der Waals surface area contributed by atoms with Gasteiger partial charge in [-0.15, -0.1) is 22.7 Å². The molecule has 4 atom stereocenters.